The summed E-state index contributed by atoms with van der Waals surface area (Å²) in [4.78, 5) is 0. The van der Waals surface area contributed by atoms with Gasteiger partial charge in [-0.05, 0) is 25.0 Å². The molecule has 4 heteroatoms. The van der Waals surface area contributed by atoms with Crippen molar-refractivity contribution in [2.45, 2.75) is 38.6 Å². The molecule has 1 heterocycles. The van der Waals surface area contributed by atoms with Crippen molar-refractivity contribution in [3.8, 4) is 6.07 Å². The first kappa shape index (κ1) is 13.0. The number of benzene rings is 1. The lowest BCUT2D eigenvalue weighted by atomic mass is 10.1. The molecule has 2 rings (SSSR count). The summed E-state index contributed by atoms with van der Waals surface area (Å²) in [5, 5.41) is 8.68. The lowest BCUT2D eigenvalue weighted by Crippen LogP contribution is -2.26. The number of hydrogen-bond donors (Lipinski definition) is 0. The van der Waals surface area contributed by atoms with Gasteiger partial charge >= 0.3 is 0 Å². The Labute approximate surface area is 106 Å². The van der Waals surface area contributed by atoms with Gasteiger partial charge in [0.05, 0.1) is 18.3 Å². The summed E-state index contributed by atoms with van der Waals surface area (Å²) < 4.78 is 24.8. The van der Waals surface area contributed by atoms with E-state index in [1.54, 1.807) is 12.1 Å². The third-order valence-electron chi connectivity index (χ3n) is 3.02. The van der Waals surface area contributed by atoms with Gasteiger partial charge in [-0.15, -0.1) is 0 Å². The predicted octanol–water partition coefficient (Wildman–Crippen LogP) is 3.30. The van der Waals surface area contributed by atoms with E-state index in [4.69, 9.17) is 14.7 Å². The molecule has 3 nitrogen and oxygen atoms in total. The molecule has 0 bridgehead atoms. The summed E-state index contributed by atoms with van der Waals surface area (Å²) in [5.74, 6) is -0.528. The maximum Gasteiger partial charge on any atom is 0.184 e. The monoisotopic (exact) mass is 249 g/mol. The van der Waals surface area contributed by atoms with Crippen molar-refractivity contribution in [2.75, 3.05) is 6.61 Å². The van der Waals surface area contributed by atoms with Crippen molar-refractivity contribution in [3.63, 3.8) is 0 Å². The van der Waals surface area contributed by atoms with E-state index in [0.717, 1.165) is 19.3 Å². The molecule has 1 aromatic rings. The van der Waals surface area contributed by atoms with Gasteiger partial charge in [-0.3, -0.25) is 0 Å². The van der Waals surface area contributed by atoms with Crippen molar-refractivity contribution in [1.82, 2.24) is 0 Å². The first-order chi connectivity index (χ1) is 8.74. The second-order valence-corrected chi connectivity index (χ2v) is 4.39. The topological polar surface area (TPSA) is 42.2 Å². The van der Waals surface area contributed by atoms with E-state index in [2.05, 4.69) is 6.92 Å². The van der Waals surface area contributed by atoms with E-state index in [1.165, 1.54) is 12.1 Å². The highest BCUT2D eigenvalue weighted by atomic mass is 19.1. The highest BCUT2D eigenvalue weighted by molar-refractivity contribution is 5.33. The molecule has 96 valence electrons. The quantitative estimate of drug-likeness (QED) is 0.825. The van der Waals surface area contributed by atoms with Crippen LogP contribution in [0.5, 0.6) is 0 Å². The second-order valence-electron chi connectivity index (χ2n) is 4.39. The summed E-state index contributed by atoms with van der Waals surface area (Å²) >= 11 is 0. The van der Waals surface area contributed by atoms with E-state index in [0.29, 0.717) is 12.2 Å². The molecule has 1 aromatic carbocycles. The highest BCUT2D eigenvalue weighted by Gasteiger charge is 2.24. The van der Waals surface area contributed by atoms with Gasteiger partial charge in [0.15, 0.2) is 6.29 Å². The Hall–Kier alpha value is -1.44. The lowest BCUT2D eigenvalue weighted by molar-refractivity contribution is -0.218. The van der Waals surface area contributed by atoms with Crippen LogP contribution in [0.2, 0.25) is 0 Å². The van der Waals surface area contributed by atoms with Crippen molar-refractivity contribution in [3.05, 3.63) is 35.1 Å². The molecule has 1 saturated heterocycles. The smallest absolute Gasteiger partial charge is 0.184 e. The molecule has 0 spiro atoms. The number of halogens is 1. The molecule has 0 aliphatic carbocycles. The SMILES string of the molecule is CCCC1CCOC(c2ccc(C#N)c(F)c2)O1. The van der Waals surface area contributed by atoms with Crippen LogP contribution < -0.4 is 0 Å². The van der Waals surface area contributed by atoms with Gasteiger partial charge in [0, 0.05) is 5.56 Å². The molecule has 0 radical (unpaired) electrons. The maximum absolute atomic E-state index is 13.5. The van der Waals surface area contributed by atoms with Crippen molar-refractivity contribution < 1.29 is 13.9 Å². The van der Waals surface area contributed by atoms with Crippen LogP contribution in [-0.4, -0.2) is 12.7 Å². The van der Waals surface area contributed by atoms with E-state index in [-0.39, 0.29) is 11.7 Å². The molecule has 0 aromatic heterocycles. The average molecular weight is 249 g/mol. The van der Waals surface area contributed by atoms with Crippen molar-refractivity contribution in [1.29, 1.82) is 5.26 Å². The van der Waals surface area contributed by atoms with Crippen LogP contribution in [0.4, 0.5) is 4.39 Å². The highest BCUT2D eigenvalue weighted by Crippen LogP contribution is 2.28. The lowest BCUT2D eigenvalue weighted by Gasteiger charge is -2.30. The maximum atomic E-state index is 13.5. The average Bonchev–Trinajstić information content (AvgIpc) is 2.39. The fourth-order valence-corrected chi connectivity index (χ4v) is 2.07. The third kappa shape index (κ3) is 2.87. The van der Waals surface area contributed by atoms with E-state index >= 15 is 0 Å². The number of ether oxygens (including phenoxy) is 2. The Kier molecular flexibility index (Phi) is 4.29. The standard InChI is InChI=1S/C14H16FNO2/c1-2-3-12-6-7-17-14(18-12)10-4-5-11(9-16)13(15)8-10/h4-5,8,12,14H,2-3,6-7H2,1H3. The van der Waals surface area contributed by atoms with E-state index in [9.17, 15) is 4.39 Å². The van der Waals surface area contributed by atoms with Crippen LogP contribution in [0.3, 0.4) is 0 Å². The number of rotatable bonds is 3. The molecule has 2 atom stereocenters. The van der Waals surface area contributed by atoms with Crippen molar-refractivity contribution >= 4 is 0 Å². The molecule has 2 unspecified atom stereocenters. The largest absolute Gasteiger partial charge is 0.348 e. The van der Waals surface area contributed by atoms with E-state index < -0.39 is 12.1 Å². The minimum absolute atomic E-state index is 0.0414. The van der Waals surface area contributed by atoms with Gasteiger partial charge in [0.1, 0.15) is 11.9 Å². The number of nitrogens with zero attached hydrogens (tertiary/aromatic N) is 1. The Morgan fingerprint density at radius 3 is 3.00 bits per heavy atom. The normalized spacial score (nSPS) is 23.6. The third-order valence-corrected chi connectivity index (χ3v) is 3.02. The predicted molar refractivity (Wildman–Crippen MR) is 64.2 cm³/mol. The molecule has 0 amide bonds. The summed E-state index contributed by atoms with van der Waals surface area (Å²) in [6, 6.07) is 6.26. The molecule has 1 aliphatic heterocycles. The first-order valence-electron chi connectivity index (χ1n) is 6.21. The first-order valence-corrected chi connectivity index (χ1v) is 6.21. The molecule has 18 heavy (non-hydrogen) atoms. The van der Waals surface area contributed by atoms with Crippen LogP contribution in [0.1, 0.15) is 43.6 Å². The Morgan fingerprint density at radius 2 is 2.33 bits per heavy atom. The molecular weight excluding hydrogens is 233 g/mol. The zero-order chi connectivity index (χ0) is 13.0. The van der Waals surface area contributed by atoms with Crippen molar-refractivity contribution in [2.24, 2.45) is 0 Å². The number of nitriles is 1. The molecular formula is C14H16FNO2. The van der Waals surface area contributed by atoms with Gasteiger partial charge in [-0.25, -0.2) is 4.39 Å². The fraction of sp³-hybridized carbons (Fsp3) is 0.500. The summed E-state index contributed by atoms with van der Waals surface area (Å²) in [7, 11) is 0. The second kappa shape index (κ2) is 5.94. The van der Waals surface area contributed by atoms with Crippen LogP contribution >= 0.6 is 0 Å². The molecule has 1 aliphatic rings. The van der Waals surface area contributed by atoms with E-state index in [1.807, 2.05) is 0 Å². The van der Waals surface area contributed by atoms with Crippen LogP contribution in [0, 0.1) is 17.1 Å². The van der Waals surface area contributed by atoms with Crippen LogP contribution in [0.25, 0.3) is 0 Å². The fourth-order valence-electron chi connectivity index (χ4n) is 2.07. The zero-order valence-electron chi connectivity index (χ0n) is 10.4. The number of hydrogen-bond acceptors (Lipinski definition) is 3. The Balaban J connectivity index is 2.11. The summed E-state index contributed by atoms with van der Waals surface area (Å²) in [6.45, 7) is 2.73. The van der Waals surface area contributed by atoms with Gasteiger partial charge < -0.3 is 9.47 Å². The Morgan fingerprint density at radius 1 is 1.50 bits per heavy atom. The van der Waals surface area contributed by atoms with Gasteiger partial charge in [-0.1, -0.05) is 19.4 Å². The van der Waals surface area contributed by atoms with Crippen LogP contribution in [0.15, 0.2) is 18.2 Å². The van der Waals surface area contributed by atoms with Gasteiger partial charge in [-0.2, -0.15) is 5.26 Å². The van der Waals surface area contributed by atoms with Crippen LogP contribution in [-0.2, 0) is 9.47 Å². The Bertz CT molecular complexity index is 454. The molecule has 0 N–H and O–H groups in total. The minimum Gasteiger partial charge on any atom is -0.348 e. The van der Waals surface area contributed by atoms with Gasteiger partial charge in [0.2, 0.25) is 0 Å². The zero-order valence-corrected chi connectivity index (χ0v) is 10.4. The summed E-state index contributed by atoms with van der Waals surface area (Å²) in [6.07, 6.45) is 2.57. The summed E-state index contributed by atoms with van der Waals surface area (Å²) in [5.41, 5.74) is 0.673. The molecule has 1 fully saturated rings. The minimum atomic E-state index is -0.528. The molecule has 0 saturated carbocycles. The van der Waals surface area contributed by atoms with Gasteiger partial charge in [0.25, 0.3) is 0 Å².